The van der Waals surface area contributed by atoms with Crippen LogP contribution < -0.4 is 10.0 Å². The molecule has 0 bridgehead atoms. The lowest BCUT2D eigenvalue weighted by Crippen LogP contribution is -2.21. The van der Waals surface area contributed by atoms with Crippen LogP contribution in [0.25, 0.3) is 0 Å². The fraction of sp³-hybridized carbons (Fsp3) is 0.125. The molecule has 0 aliphatic carbocycles. The van der Waals surface area contributed by atoms with Crippen molar-refractivity contribution in [1.29, 1.82) is 0 Å². The summed E-state index contributed by atoms with van der Waals surface area (Å²) in [6, 6.07) is 11.5. The van der Waals surface area contributed by atoms with E-state index in [2.05, 4.69) is 14.8 Å². The quantitative estimate of drug-likeness (QED) is 0.800. The molecule has 0 spiro atoms. The van der Waals surface area contributed by atoms with Gasteiger partial charge in [0.1, 0.15) is 0 Å². The van der Waals surface area contributed by atoms with E-state index in [1.807, 2.05) is 0 Å². The Labute approximate surface area is 139 Å². The molecule has 0 aromatic heterocycles. The third-order valence-electron chi connectivity index (χ3n) is 3.23. The third kappa shape index (κ3) is 3.72. The molecule has 7 nitrogen and oxygen atoms in total. The molecule has 0 fully saturated rings. The second-order valence-electron chi connectivity index (χ2n) is 4.75. The van der Waals surface area contributed by atoms with Crippen molar-refractivity contribution < 1.29 is 22.7 Å². The van der Waals surface area contributed by atoms with Crippen LogP contribution in [0.2, 0.25) is 0 Å². The van der Waals surface area contributed by atoms with Gasteiger partial charge >= 0.3 is 5.97 Å². The predicted octanol–water partition coefficient (Wildman–Crippen LogP) is 1.63. The number of para-hydroxylation sites is 1. The van der Waals surface area contributed by atoms with Gasteiger partial charge in [-0.15, -0.1) is 0 Å². The number of carbonyl (C=O) groups is 2. The molecule has 2 N–H and O–H groups in total. The summed E-state index contributed by atoms with van der Waals surface area (Å²) in [5.41, 5.74) is 0.603. The number of anilines is 1. The van der Waals surface area contributed by atoms with Gasteiger partial charge in [-0.2, -0.15) is 0 Å². The van der Waals surface area contributed by atoms with Crippen LogP contribution in [0.15, 0.2) is 53.4 Å². The summed E-state index contributed by atoms with van der Waals surface area (Å²) in [6.45, 7) is 0. The van der Waals surface area contributed by atoms with Crippen LogP contribution in [0.3, 0.4) is 0 Å². The van der Waals surface area contributed by atoms with Crippen LogP contribution in [-0.2, 0) is 14.8 Å². The van der Waals surface area contributed by atoms with Crippen molar-refractivity contribution in [2.75, 3.05) is 18.9 Å². The zero-order valence-corrected chi connectivity index (χ0v) is 13.9. The molecule has 126 valence electrons. The van der Waals surface area contributed by atoms with E-state index in [0.717, 1.165) is 0 Å². The molecule has 0 saturated heterocycles. The zero-order chi connectivity index (χ0) is 17.7. The van der Waals surface area contributed by atoms with Gasteiger partial charge in [0.25, 0.3) is 15.9 Å². The van der Waals surface area contributed by atoms with Crippen molar-refractivity contribution >= 4 is 27.6 Å². The summed E-state index contributed by atoms with van der Waals surface area (Å²) >= 11 is 0. The maximum Gasteiger partial charge on any atom is 0.337 e. The SMILES string of the molecule is CNC(=O)c1ccccc1NS(=O)(=O)c1ccc(C(=O)OC)cc1. The number of amides is 1. The number of benzene rings is 2. The second-order valence-corrected chi connectivity index (χ2v) is 6.43. The predicted molar refractivity (Wildman–Crippen MR) is 88.4 cm³/mol. The average Bonchev–Trinajstić information content (AvgIpc) is 2.60. The van der Waals surface area contributed by atoms with Crippen molar-refractivity contribution in [3.63, 3.8) is 0 Å². The first-order valence-electron chi connectivity index (χ1n) is 6.91. The van der Waals surface area contributed by atoms with Crippen LogP contribution in [0.1, 0.15) is 20.7 Å². The molecule has 0 aliphatic rings. The minimum absolute atomic E-state index is 0.0399. The standard InChI is InChI=1S/C16H16N2O5S/c1-17-15(19)13-5-3-4-6-14(13)18-24(21,22)12-9-7-11(8-10-12)16(20)23-2/h3-10,18H,1-2H3,(H,17,19). The molecule has 0 aliphatic heterocycles. The van der Waals surface area contributed by atoms with Gasteiger partial charge in [-0.3, -0.25) is 9.52 Å². The number of esters is 1. The molecule has 8 heteroatoms. The van der Waals surface area contributed by atoms with E-state index in [9.17, 15) is 18.0 Å². The third-order valence-corrected chi connectivity index (χ3v) is 4.61. The topological polar surface area (TPSA) is 102 Å². The number of nitrogens with one attached hydrogen (secondary N) is 2. The average molecular weight is 348 g/mol. The van der Waals surface area contributed by atoms with Crippen LogP contribution >= 0.6 is 0 Å². The van der Waals surface area contributed by atoms with Gasteiger partial charge in [-0.25, -0.2) is 13.2 Å². The summed E-state index contributed by atoms with van der Waals surface area (Å²) in [5.74, 6) is -0.966. The Kier molecular flexibility index (Phi) is 5.20. The highest BCUT2D eigenvalue weighted by Gasteiger charge is 2.18. The van der Waals surface area contributed by atoms with E-state index in [0.29, 0.717) is 0 Å². The molecular weight excluding hydrogens is 332 g/mol. The number of carbonyl (C=O) groups excluding carboxylic acids is 2. The van der Waals surface area contributed by atoms with Crippen molar-refractivity contribution in [1.82, 2.24) is 5.32 Å². The Morgan fingerprint density at radius 3 is 2.21 bits per heavy atom. The first kappa shape index (κ1) is 17.5. The first-order valence-corrected chi connectivity index (χ1v) is 8.39. The van der Waals surface area contributed by atoms with E-state index >= 15 is 0 Å². The highest BCUT2D eigenvalue weighted by molar-refractivity contribution is 7.92. The number of ether oxygens (including phenoxy) is 1. The molecule has 0 unspecified atom stereocenters. The number of methoxy groups -OCH3 is 1. The monoisotopic (exact) mass is 348 g/mol. The van der Waals surface area contributed by atoms with Gasteiger partial charge in [0.2, 0.25) is 0 Å². The van der Waals surface area contributed by atoms with Crippen LogP contribution in [0.4, 0.5) is 5.69 Å². The van der Waals surface area contributed by atoms with Gasteiger partial charge in [0.05, 0.1) is 28.8 Å². The Morgan fingerprint density at radius 2 is 1.62 bits per heavy atom. The summed E-state index contributed by atoms with van der Waals surface area (Å²) in [6.07, 6.45) is 0. The number of hydrogen-bond acceptors (Lipinski definition) is 5. The summed E-state index contributed by atoms with van der Waals surface area (Å²) in [5, 5.41) is 2.45. The Morgan fingerprint density at radius 1 is 1.00 bits per heavy atom. The fourth-order valence-electron chi connectivity index (χ4n) is 2.00. The summed E-state index contributed by atoms with van der Waals surface area (Å²) < 4.78 is 31.9. The smallest absolute Gasteiger partial charge is 0.337 e. The highest BCUT2D eigenvalue weighted by atomic mass is 32.2. The van der Waals surface area contributed by atoms with Gasteiger partial charge in [0, 0.05) is 7.05 Å². The van der Waals surface area contributed by atoms with Gasteiger partial charge in [0.15, 0.2) is 0 Å². The molecule has 2 aromatic carbocycles. The van der Waals surface area contributed by atoms with E-state index in [1.165, 1.54) is 50.6 Å². The summed E-state index contributed by atoms with van der Waals surface area (Å²) in [4.78, 5) is 23.2. The molecule has 24 heavy (non-hydrogen) atoms. The summed E-state index contributed by atoms with van der Waals surface area (Å²) in [7, 11) is -1.21. The van der Waals surface area contributed by atoms with Gasteiger partial charge in [-0.1, -0.05) is 12.1 Å². The van der Waals surface area contributed by atoms with E-state index in [4.69, 9.17) is 0 Å². The molecular formula is C16H16N2O5S. The Balaban J connectivity index is 2.33. The molecule has 0 saturated carbocycles. The molecule has 0 atom stereocenters. The van der Waals surface area contributed by atoms with Crippen LogP contribution in [-0.4, -0.2) is 34.5 Å². The lowest BCUT2D eigenvalue weighted by atomic mass is 10.2. The van der Waals surface area contributed by atoms with Crippen molar-refractivity contribution in [3.05, 3.63) is 59.7 Å². The minimum Gasteiger partial charge on any atom is -0.465 e. The normalized spacial score (nSPS) is 10.8. The van der Waals surface area contributed by atoms with Crippen molar-refractivity contribution in [2.24, 2.45) is 0 Å². The molecule has 2 rings (SSSR count). The molecule has 0 heterocycles. The lowest BCUT2D eigenvalue weighted by Gasteiger charge is -2.12. The second kappa shape index (κ2) is 7.14. The van der Waals surface area contributed by atoms with Gasteiger partial charge < -0.3 is 10.1 Å². The van der Waals surface area contributed by atoms with Crippen molar-refractivity contribution in [2.45, 2.75) is 4.90 Å². The van der Waals surface area contributed by atoms with E-state index < -0.39 is 21.9 Å². The van der Waals surface area contributed by atoms with Crippen LogP contribution in [0, 0.1) is 0 Å². The number of hydrogen-bond donors (Lipinski definition) is 2. The zero-order valence-electron chi connectivity index (χ0n) is 13.1. The number of rotatable bonds is 5. The van der Waals surface area contributed by atoms with Gasteiger partial charge in [-0.05, 0) is 36.4 Å². The molecule has 0 radical (unpaired) electrons. The highest BCUT2D eigenvalue weighted by Crippen LogP contribution is 2.20. The maximum absolute atomic E-state index is 12.5. The maximum atomic E-state index is 12.5. The van der Waals surface area contributed by atoms with E-state index in [1.54, 1.807) is 12.1 Å². The van der Waals surface area contributed by atoms with Crippen LogP contribution in [0.5, 0.6) is 0 Å². The lowest BCUT2D eigenvalue weighted by molar-refractivity contribution is 0.0600. The Hall–Kier alpha value is -2.87. The number of sulfonamides is 1. The van der Waals surface area contributed by atoms with Crippen molar-refractivity contribution in [3.8, 4) is 0 Å². The largest absolute Gasteiger partial charge is 0.465 e. The Bertz CT molecular complexity index is 860. The molecule has 1 amide bonds. The fourth-order valence-corrected chi connectivity index (χ4v) is 3.08. The molecule has 2 aromatic rings. The first-order chi connectivity index (χ1) is 11.4. The minimum atomic E-state index is -3.91. The van der Waals surface area contributed by atoms with E-state index in [-0.39, 0.29) is 21.7 Å².